The third-order valence-electron chi connectivity index (χ3n) is 7.98. The molecule has 0 N–H and O–H groups in total. The Bertz CT molecular complexity index is 872. The molecule has 8 nitrogen and oxygen atoms in total. The molecule has 1 aromatic carbocycles. The Balaban J connectivity index is 1.10. The molecule has 6 rings (SSSR count). The van der Waals surface area contributed by atoms with Gasteiger partial charge in [0.25, 0.3) is 5.69 Å². The molecule has 1 heterocycles. The van der Waals surface area contributed by atoms with Gasteiger partial charge in [0.15, 0.2) is 0 Å². The maximum atomic E-state index is 13.1. The van der Waals surface area contributed by atoms with Gasteiger partial charge in [-0.05, 0) is 62.3 Å². The van der Waals surface area contributed by atoms with Crippen LogP contribution in [0, 0.1) is 33.3 Å². The number of ether oxygens (including phenoxy) is 2. The molecule has 1 aliphatic heterocycles. The molecule has 5 aliphatic rings. The summed E-state index contributed by atoms with van der Waals surface area (Å²) < 4.78 is 11.3. The van der Waals surface area contributed by atoms with E-state index in [9.17, 15) is 19.7 Å². The summed E-state index contributed by atoms with van der Waals surface area (Å²) in [6.07, 6.45) is 7.40. The topological polar surface area (TPSA) is 99.0 Å². The van der Waals surface area contributed by atoms with Gasteiger partial charge in [-0.2, -0.15) is 0 Å². The van der Waals surface area contributed by atoms with Crippen molar-refractivity contribution in [3.8, 4) is 0 Å². The minimum absolute atomic E-state index is 0.00554. The average Bonchev–Trinajstić information content (AvgIpc) is 2.77. The number of likely N-dealkylation sites (tertiary alicyclic amines) is 1. The van der Waals surface area contributed by atoms with Gasteiger partial charge in [-0.1, -0.05) is 12.1 Å². The quantitative estimate of drug-likeness (QED) is 0.379. The van der Waals surface area contributed by atoms with Crippen molar-refractivity contribution in [1.29, 1.82) is 0 Å². The van der Waals surface area contributed by atoms with E-state index in [0.717, 1.165) is 19.3 Å². The van der Waals surface area contributed by atoms with Gasteiger partial charge in [-0.25, -0.2) is 4.79 Å². The number of nitrogens with zero attached hydrogens (tertiary/aromatic N) is 2. The third kappa shape index (κ3) is 4.07. The molecular formula is C24H30N2O6. The SMILES string of the molecule is O=C(OCc1ccccc1[N+](=O)[O-])N1CCC(OC(=O)C23CC4CC(CC(C4)C2)C3)CC1. The summed E-state index contributed by atoms with van der Waals surface area (Å²) in [4.78, 5) is 37.8. The number of amides is 1. The van der Waals surface area contributed by atoms with Crippen molar-refractivity contribution in [2.45, 2.75) is 64.1 Å². The first kappa shape index (κ1) is 21.2. The average molecular weight is 443 g/mol. The Morgan fingerprint density at radius 3 is 2.22 bits per heavy atom. The van der Waals surface area contributed by atoms with Crippen LogP contribution < -0.4 is 0 Å². The lowest BCUT2D eigenvalue weighted by atomic mass is 9.49. The van der Waals surface area contributed by atoms with E-state index in [4.69, 9.17) is 9.47 Å². The molecule has 1 saturated heterocycles. The monoisotopic (exact) mass is 442 g/mol. The lowest BCUT2D eigenvalue weighted by Gasteiger charge is -2.55. The summed E-state index contributed by atoms with van der Waals surface area (Å²) in [5.41, 5.74) is 0.0516. The summed E-state index contributed by atoms with van der Waals surface area (Å²) >= 11 is 0. The summed E-state index contributed by atoms with van der Waals surface area (Å²) in [5.74, 6) is 2.09. The minimum Gasteiger partial charge on any atom is -0.462 e. The second-order valence-electron chi connectivity index (χ2n) is 10.2. The lowest BCUT2D eigenvalue weighted by Crippen LogP contribution is -2.51. The zero-order valence-corrected chi connectivity index (χ0v) is 18.2. The number of carbonyl (C=O) groups is 2. The van der Waals surface area contributed by atoms with Crippen molar-refractivity contribution in [1.82, 2.24) is 4.90 Å². The molecule has 0 unspecified atom stereocenters. The Morgan fingerprint density at radius 1 is 1.03 bits per heavy atom. The molecule has 172 valence electrons. The zero-order chi connectivity index (χ0) is 22.3. The van der Waals surface area contributed by atoms with Crippen LogP contribution in [0.5, 0.6) is 0 Å². The molecule has 5 fully saturated rings. The van der Waals surface area contributed by atoms with Gasteiger partial charge in [-0.3, -0.25) is 14.9 Å². The highest BCUT2D eigenvalue weighted by atomic mass is 16.6. The Hall–Kier alpha value is -2.64. The number of rotatable bonds is 5. The number of hydrogen-bond donors (Lipinski definition) is 0. The van der Waals surface area contributed by atoms with Crippen molar-refractivity contribution in [3.05, 3.63) is 39.9 Å². The highest BCUT2D eigenvalue weighted by Gasteiger charge is 2.55. The molecule has 4 bridgehead atoms. The number of nitro benzene ring substituents is 1. The van der Waals surface area contributed by atoms with Crippen LogP contribution in [0.1, 0.15) is 56.9 Å². The summed E-state index contributed by atoms with van der Waals surface area (Å²) in [6, 6.07) is 6.24. The van der Waals surface area contributed by atoms with Crippen molar-refractivity contribution < 1.29 is 24.0 Å². The second-order valence-corrected chi connectivity index (χ2v) is 10.2. The molecule has 4 saturated carbocycles. The second kappa shape index (κ2) is 8.37. The predicted molar refractivity (Wildman–Crippen MR) is 115 cm³/mol. The van der Waals surface area contributed by atoms with Crippen molar-refractivity contribution in [2.24, 2.45) is 23.2 Å². The van der Waals surface area contributed by atoms with E-state index in [1.807, 2.05) is 0 Å². The molecule has 1 amide bonds. The number of benzene rings is 1. The van der Waals surface area contributed by atoms with E-state index in [1.165, 1.54) is 25.3 Å². The molecular weight excluding hydrogens is 412 g/mol. The van der Waals surface area contributed by atoms with Gasteiger partial charge in [0, 0.05) is 32.0 Å². The van der Waals surface area contributed by atoms with Crippen LogP contribution in [-0.4, -0.2) is 41.1 Å². The number of piperidine rings is 1. The Labute approximate surface area is 187 Å². The van der Waals surface area contributed by atoms with E-state index in [0.29, 0.717) is 49.2 Å². The molecule has 0 spiro atoms. The zero-order valence-electron chi connectivity index (χ0n) is 18.2. The molecule has 8 heteroatoms. The standard InChI is InChI=1S/C24H30N2O6/c27-22(24-12-16-9-17(13-24)11-18(10-16)14-24)32-20-5-7-25(8-6-20)23(28)31-15-19-3-1-2-4-21(19)26(29)30/h1-4,16-18,20H,5-15H2. The van der Waals surface area contributed by atoms with Crippen molar-refractivity contribution >= 4 is 17.7 Å². The van der Waals surface area contributed by atoms with Gasteiger partial charge in [-0.15, -0.1) is 0 Å². The van der Waals surface area contributed by atoms with E-state index in [2.05, 4.69) is 0 Å². The normalized spacial score (nSPS) is 31.4. The number of hydrogen-bond acceptors (Lipinski definition) is 6. The first-order valence-corrected chi connectivity index (χ1v) is 11.8. The van der Waals surface area contributed by atoms with Crippen LogP contribution in [0.25, 0.3) is 0 Å². The number of esters is 1. The van der Waals surface area contributed by atoms with E-state index < -0.39 is 11.0 Å². The van der Waals surface area contributed by atoms with E-state index in [1.54, 1.807) is 23.1 Å². The largest absolute Gasteiger partial charge is 0.462 e. The Kier molecular flexibility index (Phi) is 5.55. The first-order chi connectivity index (χ1) is 15.4. The molecule has 4 aliphatic carbocycles. The van der Waals surface area contributed by atoms with E-state index >= 15 is 0 Å². The lowest BCUT2D eigenvalue weighted by molar-refractivity contribution is -0.385. The summed E-state index contributed by atoms with van der Waals surface area (Å²) in [7, 11) is 0. The molecule has 0 radical (unpaired) electrons. The van der Waals surface area contributed by atoms with Crippen LogP contribution >= 0.6 is 0 Å². The smallest absolute Gasteiger partial charge is 0.410 e. The van der Waals surface area contributed by atoms with Gasteiger partial charge < -0.3 is 14.4 Å². The van der Waals surface area contributed by atoms with E-state index in [-0.39, 0.29) is 29.8 Å². The van der Waals surface area contributed by atoms with Crippen molar-refractivity contribution in [2.75, 3.05) is 13.1 Å². The molecule has 0 aromatic heterocycles. The summed E-state index contributed by atoms with van der Waals surface area (Å²) in [6.45, 7) is 0.764. The van der Waals surface area contributed by atoms with Crippen LogP contribution in [0.3, 0.4) is 0 Å². The fraction of sp³-hybridized carbons (Fsp3) is 0.667. The van der Waals surface area contributed by atoms with Crippen molar-refractivity contribution in [3.63, 3.8) is 0 Å². The molecule has 1 aromatic rings. The summed E-state index contributed by atoms with van der Waals surface area (Å²) in [5, 5.41) is 11.1. The number of carbonyl (C=O) groups excluding carboxylic acids is 2. The van der Waals surface area contributed by atoms with Crippen LogP contribution in [0.15, 0.2) is 24.3 Å². The van der Waals surface area contributed by atoms with Gasteiger partial charge in [0.1, 0.15) is 12.7 Å². The van der Waals surface area contributed by atoms with Gasteiger partial charge >= 0.3 is 12.1 Å². The minimum atomic E-state index is -0.492. The Morgan fingerprint density at radius 2 is 1.62 bits per heavy atom. The highest BCUT2D eigenvalue weighted by Crippen LogP contribution is 2.60. The maximum absolute atomic E-state index is 13.1. The van der Waals surface area contributed by atoms with Crippen LogP contribution in [0.4, 0.5) is 10.5 Å². The van der Waals surface area contributed by atoms with Crippen LogP contribution in [-0.2, 0) is 20.9 Å². The third-order valence-corrected chi connectivity index (χ3v) is 7.98. The first-order valence-electron chi connectivity index (χ1n) is 11.8. The number of para-hydroxylation sites is 1. The fourth-order valence-corrected chi connectivity index (χ4v) is 6.84. The number of nitro groups is 1. The fourth-order valence-electron chi connectivity index (χ4n) is 6.84. The van der Waals surface area contributed by atoms with Gasteiger partial charge in [0.2, 0.25) is 0 Å². The van der Waals surface area contributed by atoms with Gasteiger partial charge in [0.05, 0.1) is 15.9 Å². The molecule has 0 atom stereocenters. The highest BCUT2D eigenvalue weighted by molar-refractivity contribution is 5.77. The maximum Gasteiger partial charge on any atom is 0.410 e. The predicted octanol–water partition coefficient (Wildman–Crippen LogP) is 4.46. The van der Waals surface area contributed by atoms with Crippen LogP contribution in [0.2, 0.25) is 0 Å². The molecule has 32 heavy (non-hydrogen) atoms.